The van der Waals surface area contributed by atoms with Crippen molar-refractivity contribution in [3.63, 3.8) is 0 Å². The van der Waals surface area contributed by atoms with Gasteiger partial charge in [0.2, 0.25) is 0 Å². The molecule has 108 valence electrons. The fourth-order valence-corrected chi connectivity index (χ4v) is 2.14. The van der Waals surface area contributed by atoms with Gasteiger partial charge in [-0.25, -0.2) is 0 Å². The third-order valence-corrected chi connectivity index (χ3v) is 3.26. The Balaban J connectivity index is 3.08. The average Bonchev–Trinajstić information content (AvgIpc) is 2.38. The highest BCUT2D eigenvalue weighted by Crippen LogP contribution is 2.36. The highest BCUT2D eigenvalue weighted by Gasteiger charge is 2.25. The standard InChI is InChI=1S/C15H25NO3/c1-11-7-14(19-6)12(8-13(11)18-5)15(2,3)9-16-10-17-4/h7-8,16H,9-10H2,1-6H3. The normalized spacial score (nSPS) is 11.5. The number of aryl methyl sites for hydroxylation is 1. The van der Waals surface area contributed by atoms with Crippen molar-refractivity contribution >= 4 is 0 Å². The predicted molar refractivity (Wildman–Crippen MR) is 77.2 cm³/mol. The molecular weight excluding hydrogens is 242 g/mol. The topological polar surface area (TPSA) is 39.7 Å². The largest absolute Gasteiger partial charge is 0.496 e. The van der Waals surface area contributed by atoms with Crippen LogP contribution in [0.15, 0.2) is 12.1 Å². The van der Waals surface area contributed by atoms with E-state index in [2.05, 4.69) is 25.2 Å². The summed E-state index contributed by atoms with van der Waals surface area (Å²) >= 11 is 0. The molecule has 4 nitrogen and oxygen atoms in total. The van der Waals surface area contributed by atoms with Crippen molar-refractivity contribution in [3.05, 3.63) is 23.3 Å². The van der Waals surface area contributed by atoms with E-state index in [1.807, 2.05) is 13.0 Å². The molecule has 0 amide bonds. The summed E-state index contributed by atoms with van der Waals surface area (Å²) in [4.78, 5) is 0. The summed E-state index contributed by atoms with van der Waals surface area (Å²) in [7, 11) is 5.06. The van der Waals surface area contributed by atoms with E-state index in [-0.39, 0.29) is 5.41 Å². The third kappa shape index (κ3) is 3.85. The Hall–Kier alpha value is -1.26. The van der Waals surface area contributed by atoms with Gasteiger partial charge in [-0.05, 0) is 24.6 Å². The van der Waals surface area contributed by atoms with Crippen LogP contribution in [0.2, 0.25) is 0 Å². The summed E-state index contributed by atoms with van der Waals surface area (Å²) in [6.45, 7) is 7.68. The van der Waals surface area contributed by atoms with Gasteiger partial charge in [0, 0.05) is 24.6 Å². The minimum absolute atomic E-state index is 0.0785. The van der Waals surface area contributed by atoms with Crippen molar-refractivity contribution in [3.8, 4) is 11.5 Å². The molecule has 0 spiro atoms. The Morgan fingerprint density at radius 3 is 2.21 bits per heavy atom. The lowest BCUT2D eigenvalue weighted by Crippen LogP contribution is -2.34. The van der Waals surface area contributed by atoms with Crippen LogP contribution in [0.3, 0.4) is 0 Å². The molecule has 0 aliphatic rings. The maximum atomic E-state index is 5.50. The zero-order chi connectivity index (χ0) is 14.5. The van der Waals surface area contributed by atoms with Crippen molar-refractivity contribution in [2.24, 2.45) is 0 Å². The molecule has 4 heteroatoms. The number of methoxy groups -OCH3 is 3. The Kier molecular flexibility index (Phi) is 5.63. The van der Waals surface area contributed by atoms with Crippen LogP contribution in [-0.2, 0) is 10.2 Å². The number of nitrogens with one attached hydrogen (secondary N) is 1. The van der Waals surface area contributed by atoms with Crippen LogP contribution in [0.1, 0.15) is 25.0 Å². The molecule has 0 unspecified atom stereocenters. The highest BCUT2D eigenvalue weighted by molar-refractivity contribution is 5.49. The van der Waals surface area contributed by atoms with Crippen LogP contribution in [0, 0.1) is 6.92 Å². The molecule has 0 fully saturated rings. The summed E-state index contributed by atoms with van der Waals surface area (Å²) in [6.07, 6.45) is 0. The van der Waals surface area contributed by atoms with Crippen molar-refractivity contribution in [2.75, 3.05) is 34.6 Å². The SMILES string of the molecule is COCNCC(C)(C)c1cc(OC)c(C)cc1OC. The minimum Gasteiger partial charge on any atom is -0.496 e. The molecule has 0 aliphatic carbocycles. The molecule has 0 aliphatic heterocycles. The van der Waals surface area contributed by atoms with Gasteiger partial charge in [-0.3, -0.25) is 5.32 Å². The van der Waals surface area contributed by atoms with Gasteiger partial charge in [-0.1, -0.05) is 13.8 Å². The summed E-state index contributed by atoms with van der Waals surface area (Å²) in [5.41, 5.74) is 2.12. The highest BCUT2D eigenvalue weighted by atomic mass is 16.5. The fourth-order valence-electron chi connectivity index (χ4n) is 2.14. The Morgan fingerprint density at radius 2 is 1.68 bits per heavy atom. The van der Waals surface area contributed by atoms with Gasteiger partial charge >= 0.3 is 0 Å². The summed E-state index contributed by atoms with van der Waals surface area (Å²) in [6, 6.07) is 4.08. The Morgan fingerprint density at radius 1 is 1.05 bits per heavy atom. The monoisotopic (exact) mass is 267 g/mol. The van der Waals surface area contributed by atoms with E-state index in [0.29, 0.717) is 6.73 Å². The van der Waals surface area contributed by atoms with Crippen molar-refractivity contribution in [1.82, 2.24) is 5.32 Å². The summed E-state index contributed by atoms with van der Waals surface area (Å²) in [5.74, 6) is 1.78. The minimum atomic E-state index is -0.0785. The van der Waals surface area contributed by atoms with Gasteiger partial charge < -0.3 is 14.2 Å². The first-order valence-electron chi connectivity index (χ1n) is 6.39. The molecule has 0 saturated heterocycles. The Bertz CT molecular complexity index is 416. The molecule has 1 aromatic rings. The smallest absolute Gasteiger partial charge is 0.123 e. The lowest BCUT2D eigenvalue weighted by atomic mass is 9.83. The molecule has 1 N–H and O–H groups in total. The number of benzene rings is 1. The third-order valence-electron chi connectivity index (χ3n) is 3.26. The molecule has 19 heavy (non-hydrogen) atoms. The first kappa shape index (κ1) is 15.8. The van der Waals surface area contributed by atoms with Crippen LogP contribution in [0.4, 0.5) is 0 Å². The van der Waals surface area contributed by atoms with E-state index in [1.54, 1.807) is 21.3 Å². The number of hydrogen-bond acceptors (Lipinski definition) is 4. The second kappa shape index (κ2) is 6.78. The van der Waals surface area contributed by atoms with Gasteiger partial charge in [0.1, 0.15) is 11.5 Å². The number of ether oxygens (including phenoxy) is 3. The average molecular weight is 267 g/mol. The van der Waals surface area contributed by atoms with Crippen LogP contribution in [-0.4, -0.2) is 34.6 Å². The molecule has 1 aromatic carbocycles. The molecule has 0 atom stereocenters. The molecule has 0 radical (unpaired) electrons. The van der Waals surface area contributed by atoms with Gasteiger partial charge in [-0.2, -0.15) is 0 Å². The van der Waals surface area contributed by atoms with Crippen LogP contribution in [0.5, 0.6) is 11.5 Å². The second-order valence-corrected chi connectivity index (χ2v) is 5.27. The first-order chi connectivity index (χ1) is 8.96. The fraction of sp³-hybridized carbons (Fsp3) is 0.600. The Labute approximate surface area is 116 Å². The second-order valence-electron chi connectivity index (χ2n) is 5.27. The number of hydrogen-bond donors (Lipinski definition) is 1. The van der Waals surface area contributed by atoms with E-state index in [4.69, 9.17) is 14.2 Å². The molecule has 0 saturated carbocycles. The van der Waals surface area contributed by atoms with E-state index in [0.717, 1.165) is 29.2 Å². The maximum Gasteiger partial charge on any atom is 0.123 e. The summed E-state index contributed by atoms with van der Waals surface area (Å²) in [5, 5.41) is 3.26. The van der Waals surface area contributed by atoms with E-state index in [9.17, 15) is 0 Å². The lowest BCUT2D eigenvalue weighted by Gasteiger charge is -2.28. The van der Waals surface area contributed by atoms with Crippen molar-refractivity contribution < 1.29 is 14.2 Å². The molecule has 1 rings (SSSR count). The van der Waals surface area contributed by atoms with Gasteiger partial charge in [-0.15, -0.1) is 0 Å². The molecule has 0 bridgehead atoms. The molecule has 0 heterocycles. The van der Waals surface area contributed by atoms with Crippen molar-refractivity contribution in [2.45, 2.75) is 26.2 Å². The maximum absolute atomic E-state index is 5.50. The quantitative estimate of drug-likeness (QED) is 0.608. The van der Waals surface area contributed by atoms with Gasteiger partial charge in [0.25, 0.3) is 0 Å². The van der Waals surface area contributed by atoms with Crippen LogP contribution < -0.4 is 14.8 Å². The van der Waals surface area contributed by atoms with Gasteiger partial charge in [0.15, 0.2) is 0 Å². The van der Waals surface area contributed by atoms with Gasteiger partial charge in [0.05, 0.1) is 21.0 Å². The van der Waals surface area contributed by atoms with E-state index >= 15 is 0 Å². The zero-order valence-electron chi connectivity index (χ0n) is 12.8. The van der Waals surface area contributed by atoms with Crippen LogP contribution >= 0.6 is 0 Å². The molecule has 0 aromatic heterocycles. The predicted octanol–water partition coefficient (Wildman–Crippen LogP) is 2.48. The first-order valence-corrected chi connectivity index (χ1v) is 6.39. The number of rotatable bonds is 7. The van der Waals surface area contributed by atoms with Crippen LogP contribution in [0.25, 0.3) is 0 Å². The van der Waals surface area contributed by atoms with E-state index < -0.39 is 0 Å². The van der Waals surface area contributed by atoms with E-state index in [1.165, 1.54) is 0 Å². The summed E-state index contributed by atoms with van der Waals surface area (Å²) < 4.78 is 15.9. The van der Waals surface area contributed by atoms with Crippen molar-refractivity contribution in [1.29, 1.82) is 0 Å². The lowest BCUT2D eigenvalue weighted by molar-refractivity contribution is 0.169. The molecular formula is C15H25NO3. The zero-order valence-corrected chi connectivity index (χ0v) is 12.8.